The van der Waals surface area contributed by atoms with Crippen molar-refractivity contribution in [2.45, 2.75) is 30.2 Å². The highest BCUT2D eigenvalue weighted by atomic mass is 35.5. The predicted molar refractivity (Wildman–Crippen MR) is 80.4 cm³/mol. The fourth-order valence-corrected chi connectivity index (χ4v) is 3.78. The monoisotopic (exact) mass is 345 g/mol. The molecule has 0 aliphatic heterocycles. The fraction of sp³-hybridized carbons (Fsp3) is 0.429. The van der Waals surface area contributed by atoms with Gasteiger partial charge >= 0.3 is 5.97 Å². The van der Waals surface area contributed by atoms with Crippen molar-refractivity contribution in [3.63, 3.8) is 0 Å². The van der Waals surface area contributed by atoms with E-state index in [1.165, 1.54) is 24.3 Å². The van der Waals surface area contributed by atoms with Crippen LogP contribution in [-0.2, 0) is 19.4 Å². The van der Waals surface area contributed by atoms with Gasteiger partial charge in [-0.25, -0.2) is 8.42 Å². The molecule has 0 saturated heterocycles. The Labute approximate surface area is 133 Å². The van der Waals surface area contributed by atoms with E-state index in [0.717, 1.165) is 0 Å². The molecule has 0 spiro atoms. The van der Waals surface area contributed by atoms with Crippen molar-refractivity contribution in [2.75, 3.05) is 5.75 Å². The third-order valence-electron chi connectivity index (χ3n) is 3.64. The molecule has 0 bridgehead atoms. The highest BCUT2D eigenvalue weighted by Gasteiger charge is 2.31. The first-order valence-electron chi connectivity index (χ1n) is 6.78. The second-order valence-electron chi connectivity index (χ2n) is 5.33. The number of hydrogen-bond acceptors (Lipinski definition) is 4. The van der Waals surface area contributed by atoms with Crippen LogP contribution in [0.3, 0.4) is 0 Å². The molecule has 1 aromatic rings. The molecule has 2 rings (SSSR count). The lowest BCUT2D eigenvalue weighted by atomic mass is 10.1. The number of hydrogen-bond donors (Lipinski definition) is 2. The van der Waals surface area contributed by atoms with Gasteiger partial charge in [-0.05, 0) is 43.5 Å². The van der Waals surface area contributed by atoms with Crippen LogP contribution in [-0.4, -0.2) is 37.2 Å². The summed E-state index contributed by atoms with van der Waals surface area (Å²) in [7, 11) is -3.73. The minimum absolute atomic E-state index is 0.0295. The van der Waals surface area contributed by atoms with Crippen LogP contribution in [0.25, 0.3) is 0 Å². The number of carboxylic acids is 1. The number of sulfone groups is 1. The summed E-state index contributed by atoms with van der Waals surface area (Å²) in [5.74, 6) is -2.64. The van der Waals surface area contributed by atoms with Crippen LogP contribution < -0.4 is 5.32 Å². The summed E-state index contributed by atoms with van der Waals surface area (Å²) >= 11 is 5.70. The van der Waals surface area contributed by atoms with Crippen LogP contribution in [0.2, 0.25) is 5.02 Å². The van der Waals surface area contributed by atoms with E-state index in [2.05, 4.69) is 5.32 Å². The molecular formula is C14H16ClNO5S. The molecule has 1 amide bonds. The number of aliphatic carboxylic acids is 1. The van der Waals surface area contributed by atoms with Crippen molar-refractivity contribution in [1.29, 1.82) is 0 Å². The van der Waals surface area contributed by atoms with Gasteiger partial charge in [0.15, 0.2) is 9.84 Å². The number of carbonyl (C=O) groups is 2. The van der Waals surface area contributed by atoms with Crippen molar-refractivity contribution in [1.82, 2.24) is 5.32 Å². The van der Waals surface area contributed by atoms with E-state index in [1.54, 1.807) is 0 Å². The zero-order valence-corrected chi connectivity index (χ0v) is 13.2. The van der Waals surface area contributed by atoms with Crippen molar-refractivity contribution in [3.05, 3.63) is 29.3 Å². The fourth-order valence-electron chi connectivity index (χ4n) is 2.50. The van der Waals surface area contributed by atoms with Gasteiger partial charge in [-0.1, -0.05) is 11.6 Å². The van der Waals surface area contributed by atoms with Gasteiger partial charge in [0.25, 0.3) is 0 Å². The van der Waals surface area contributed by atoms with Crippen LogP contribution in [0.15, 0.2) is 29.2 Å². The first-order valence-corrected chi connectivity index (χ1v) is 8.81. The third-order valence-corrected chi connectivity index (χ3v) is 5.53. The zero-order valence-electron chi connectivity index (χ0n) is 11.7. The second-order valence-corrected chi connectivity index (χ2v) is 7.75. The van der Waals surface area contributed by atoms with Gasteiger partial charge in [0.1, 0.15) is 5.75 Å². The lowest BCUT2D eigenvalue weighted by Gasteiger charge is -2.12. The molecule has 1 aliphatic carbocycles. The summed E-state index contributed by atoms with van der Waals surface area (Å²) < 4.78 is 24.2. The minimum Gasteiger partial charge on any atom is -0.481 e. The van der Waals surface area contributed by atoms with E-state index in [1.807, 2.05) is 0 Å². The smallest absolute Gasteiger partial charge is 0.306 e. The number of benzene rings is 1. The molecule has 8 heteroatoms. The Morgan fingerprint density at radius 3 is 2.41 bits per heavy atom. The summed E-state index contributed by atoms with van der Waals surface area (Å²) in [5, 5.41) is 11.9. The molecule has 0 heterocycles. The largest absolute Gasteiger partial charge is 0.481 e. The van der Waals surface area contributed by atoms with Gasteiger partial charge in [0.2, 0.25) is 5.91 Å². The lowest BCUT2D eigenvalue weighted by molar-refractivity contribution is -0.141. The Hall–Kier alpha value is -1.60. The average Bonchev–Trinajstić information content (AvgIpc) is 2.87. The Morgan fingerprint density at radius 2 is 1.86 bits per heavy atom. The Bertz CT molecular complexity index is 671. The van der Waals surface area contributed by atoms with Crippen LogP contribution in [0.5, 0.6) is 0 Å². The normalized spacial score (nSPS) is 21.5. The van der Waals surface area contributed by atoms with Gasteiger partial charge in [0, 0.05) is 11.1 Å². The van der Waals surface area contributed by atoms with Crippen molar-refractivity contribution in [3.8, 4) is 0 Å². The number of carbonyl (C=O) groups excluding carboxylic acids is 1. The van der Waals surface area contributed by atoms with Crippen molar-refractivity contribution < 1.29 is 23.1 Å². The van der Waals surface area contributed by atoms with Crippen LogP contribution in [0.4, 0.5) is 0 Å². The van der Waals surface area contributed by atoms with Crippen LogP contribution in [0.1, 0.15) is 19.3 Å². The van der Waals surface area contributed by atoms with Gasteiger partial charge in [0.05, 0.1) is 10.8 Å². The van der Waals surface area contributed by atoms with E-state index in [-0.39, 0.29) is 10.9 Å². The molecular weight excluding hydrogens is 330 g/mol. The number of rotatable bonds is 5. The maximum absolute atomic E-state index is 12.1. The van der Waals surface area contributed by atoms with Gasteiger partial charge < -0.3 is 10.4 Å². The van der Waals surface area contributed by atoms with E-state index >= 15 is 0 Å². The number of nitrogens with one attached hydrogen (secondary N) is 1. The third kappa shape index (κ3) is 4.20. The SMILES string of the molecule is O=C(CS(=O)(=O)c1ccc(Cl)cc1)N[C@@H]1CC[C@H](C(=O)O)C1. The molecule has 1 aliphatic rings. The van der Waals surface area contributed by atoms with Crippen molar-refractivity contribution >= 4 is 33.3 Å². The van der Waals surface area contributed by atoms with E-state index in [4.69, 9.17) is 16.7 Å². The Morgan fingerprint density at radius 1 is 1.23 bits per heavy atom. The van der Waals surface area contributed by atoms with Crippen molar-refractivity contribution in [2.24, 2.45) is 5.92 Å². The number of amides is 1. The molecule has 0 radical (unpaired) electrons. The van der Waals surface area contributed by atoms with Gasteiger partial charge in [-0.2, -0.15) is 0 Å². The molecule has 0 unspecified atom stereocenters. The molecule has 1 aromatic carbocycles. The van der Waals surface area contributed by atoms with Gasteiger partial charge in [-0.3, -0.25) is 9.59 Å². The predicted octanol–water partition coefficient (Wildman–Crippen LogP) is 1.48. The average molecular weight is 346 g/mol. The molecule has 2 atom stereocenters. The Balaban J connectivity index is 1.94. The van der Waals surface area contributed by atoms with E-state index < -0.39 is 33.4 Å². The summed E-state index contributed by atoms with van der Waals surface area (Å²) in [6, 6.07) is 5.30. The standard InChI is InChI=1S/C14H16ClNO5S/c15-10-2-5-12(6-3-10)22(20,21)8-13(17)16-11-4-1-9(7-11)14(18)19/h2-3,5-6,9,11H,1,4,7-8H2,(H,16,17)(H,18,19)/t9-,11+/m0/s1. The maximum atomic E-state index is 12.1. The molecule has 6 nitrogen and oxygen atoms in total. The first kappa shape index (κ1) is 16.8. The van der Waals surface area contributed by atoms with Gasteiger partial charge in [-0.15, -0.1) is 0 Å². The summed E-state index contributed by atoms with van der Waals surface area (Å²) in [6.07, 6.45) is 1.37. The van der Waals surface area contributed by atoms with Crippen LogP contribution >= 0.6 is 11.6 Å². The lowest BCUT2D eigenvalue weighted by Crippen LogP contribution is -2.37. The highest BCUT2D eigenvalue weighted by Crippen LogP contribution is 2.25. The topological polar surface area (TPSA) is 101 Å². The highest BCUT2D eigenvalue weighted by molar-refractivity contribution is 7.92. The quantitative estimate of drug-likeness (QED) is 0.841. The molecule has 2 N–H and O–H groups in total. The zero-order chi connectivity index (χ0) is 16.3. The molecule has 1 fully saturated rings. The summed E-state index contributed by atoms with van der Waals surface area (Å²) in [4.78, 5) is 22.8. The maximum Gasteiger partial charge on any atom is 0.306 e. The number of carboxylic acid groups (broad SMARTS) is 1. The second kappa shape index (κ2) is 6.66. The summed E-state index contributed by atoms with van der Waals surface area (Å²) in [5.41, 5.74) is 0. The van der Waals surface area contributed by atoms with E-state index in [0.29, 0.717) is 24.3 Å². The minimum atomic E-state index is -3.73. The molecule has 1 saturated carbocycles. The number of halogens is 1. The Kier molecular flexibility index (Phi) is 5.08. The molecule has 120 valence electrons. The first-order chi connectivity index (χ1) is 10.3. The summed E-state index contributed by atoms with van der Waals surface area (Å²) in [6.45, 7) is 0. The molecule has 22 heavy (non-hydrogen) atoms. The molecule has 0 aromatic heterocycles. The van der Waals surface area contributed by atoms with Crippen LogP contribution in [0, 0.1) is 5.92 Å². The van der Waals surface area contributed by atoms with E-state index in [9.17, 15) is 18.0 Å².